The van der Waals surface area contributed by atoms with Gasteiger partial charge in [-0.15, -0.1) is 0 Å². The first-order valence-electron chi connectivity index (χ1n) is 7.90. The molecule has 0 atom stereocenters. The van der Waals surface area contributed by atoms with Crippen LogP contribution in [0, 0.1) is 5.82 Å². The van der Waals surface area contributed by atoms with Crippen LogP contribution in [-0.4, -0.2) is 21.7 Å². The van der Waals surface area contributed by atoms with Crippen molar-refractivity contribution < 1.29 is 23.1 Å². The molecule has 1 aromatic carbocycles. The standard InChI is InChI=1S/C18H15ClFN3O4/c1-11(24)17-5-4-15(27-17)9-23-8-14(7-21-23)22-18(25)26-10-12-2-3-13(20)6-16(12)19/h2-8H,9-10H2,1H3,(H,22,25). The van der Waals surface area contributed by atoms with E-state index >= 15 is 0 Å². The zero-order valence-electron chi connectivity index (χ0n) is 14.2. The second-order valence-electron chi connectivity index (χ2n) is 5.69. The Balaban J connectivity index is 1.53. The van der Waals surface area contributed by atoms with Crippen LogP contribution < -0.4 is 5.32 Å². The van der Waals surface area contributed by atoms with Gasteiger partial charge in [0.05, 0.1) is 23.5 Å². The molecule has 0 unspecified atom stereocenters. The monoisotopic (exact) mass is 391 g/mol. The Labute approximate surface area is 158 Å². The molecule has 1 amide bonds. The van der Waals surface area contributed by atoms with Gasteiger partial charge < -0.3 is 9.15 Å². The third-order valence-electron chi connectivity index (χ3n) is 3.58. The average Bonchev–Trinajstić information content (AvgIpc) is 3.24. The van der Waals surface area contributed by atoms with E-state index in [9.17, 15) is 14.0 Å². The van der Waals surface area contributed by atoms with E-state index in [4.69, 9.17) is 20.8 Å². The van der Waals surface area contributed by atoms with Crippen molar-refractivity contribution in [3.63, 3.8) is 0 Å². The number of amides is 1. The lowest BCUT2D eigenvalue weighted by Gasteiger charge is -2.07. The first-order chi connectivity index (χ1) is 12.9. The van der Waals surface area contributed by atoms with Gasteiger partial charge in [-0.2, -0.15) is 5.10 Å². The number of ketones is 1. The number of anilines is 1. The number of ether oxygens (including phenoxy) is 1. The van der Waals surface area contributed by atoms with Crippen LogP contribution in [0.5, 0.6) is 0 Å². The number of carbonyl (C=O) groups excluding carboxylic acids is 2. The van der Waals surface area contributed by atoms with Crippen LogP contribution in [0.25, 0.3) is 0 Å². The van der Waals surface area contributed by atoms with E-state index in [0.717, 1.165) is 6.07 Å². The van der Waals surface area contributed by atoms with Crippen LogP contribution in [0.3, 0.4) is 0 Å². The minimum Gasteiger partial charge on any atom is -0.456 e. The highest BCUT2D eigenvalue weighted by Gasteiger charge is 2.10. The van der Waals surface area contributed by atoms with Crippen molar-refractivity contribution in [1.29, 1.82) is 0 Å². The molecule has 0 aliphatic rings. The van der Waals surface area contributed by atoms with Crippen LogP contribution in [0.4, 0.5) is 14.9 Å². The summed E-state index contributed by atoms with van der Waals surface area (Å²) < 4.78 is 25.0. The van der Waals surface area contributed by atoms with Crippen molar-refractivity contribution in [3.05, 3.63) is 70.6 Å². The van der Waals surface area contributed by atoms with Gasteiger partial charge in [0.25, 0.3) is 0 Å². The number of nitrogens with zero attached hydrogens (tertiary/aromatic N) is 2. The highest BCUT2D eigenvalue weighted by Crippen LogP contribution is 2.18. The quantitative estimate of drug-likeness (QED) is 0.634. The molecule has 0 radical (unpaired) electrons. The Morgan fingerprint density at radius 2 is 2.15 bits per heavy atom. The lowest BCUT2D eigenvalue weighted by atomic mass is 10.2. The molecule has 3 rings (SSSR count). The lowest BCUT2D eigenvalue weighted by Crippen LogP contribution is -2.13. The van der Waals surface area contributed by atoms with Gasteiger partial charge in [-0.05, 0) is 24.3 Å². The molecular weight excluding hydrogens is 377 g/mol. The number of hydrogen-bond acceptors (Lipinski definition) is 5. The second-order valence-corrected chi connectivity index (χ2v) is 6.09. The molecule has 2 aromatic heterocycles. The summed E-state index contributed by atoms with van der Waals surface area (Å²) in [4.78, 5) is 23.1. The fourth-order valence-corrected chi connectivity index (χ4v) is 2.48. The summed E-state index contributed by atoms with van der Waals surface area (Å²) in [6, 6.07) is 7.11. The molecule has 2 heterocycles. The van der Waals surface area contributed by atoms with Crippen molar-refractivity contribution in [2.45, 2.75) is 20.1 Å². The van der Waals surface area contributed by atoms with Crippen LogP contribution in [-0.2, 0) is 17.9 Å². The number of rotatable bonds is 6. The number of carbonyl (C=O) groups is 2. The molecule has 0 fully saturated rings. The van der Waals surface area contributed by atoms with E-state index in [2.05, 4.69) is 10.4 Å². The molecule has 0 aliphatic heterocycles. The van der Waals surface area contributed by atoms with Gasteiger partial charge >= 0.3 is 6.09 Å². The van der Waals surface area contributed by atoms with Gasteiger partial charge in [-0.3, -0.25) is 14.8 Å². The molecule has 0 saturated carbocycles. The molecule has 9 heteroatoms. The Morgan fingerprint density at radius 1 is 1.33 bits per heavy atom. The molecule has 0 spiro atoms. The number of hydrogen-bond donors (Lipinski definition) is 1. The first kappa shape index (κ1) is 18.7. The van der Waals surface area contributed by atoms with E-state index < -0.39 is 11.9 Å². The first-order valence-corrected chi connectivity index (χ1v) is 8.28. The van der Waals surface area contributed by atoms with Gasteiger partial charge in [-0.25, -0.2) is 9.18 Å². The molecule has 27 heavy (non-hydrogen) atoms. The van der Waals surface area contributed by atoms with Gasteiger partial charge in [0, 0.05) is 18.7 Å². The summed E-state index contributed by atoms with van der Waals surface area (Å²) in [6.07, 6.45) is 2.33. The van der Waals surface area contributed by atoms with Crippen molar-refractivity contribution in [2.75, 3.05) is 5.32 Å². The van der Waals surface area contributed by atoms with Crippen molar-refractivity contribution in [3.8, 4) is 0 Å². The minimum absolute atomic E-state index is 0.0979. The Hall–Kier alpha value is -3.13. The van der Waals surface area contributed by atoms with Crippen LogP contribution >= 0.6 is 11.6 Å². The molecule has 3 aromatic rings. The second kappa shape index (κ2) is 8.05. The number of nitrogens with one attached hydrogen (secondary N) is 1. The van der Waals surface area contributed by atoms with Gasteiger partial charge in [0.15, 0.2) is 11.5 Å². The number of aromatic nitrogens is 2. The summed E-state index contributed by atoms with van der Waals surface area (Å²) in [7, 11) is 0. The highest BCUT2D eigenvalue weighted by molar-refractivity contribution is 6.31. The molecule has 7 nitrogen and oxygen atoms in total. The Kier molecular flexibility index (Phi) is 5.56. The van der Waals surface area contributed by atoms with Crippen LogP contribution in [0.2, 0.25) is 5.02 Å². The van der Waals surface area contributed by atoms with Gasteiger partial charge in [-0.1, -0.05) is 17.7 Å². The summed E-state index contributed by atoms with van der Waals surface area (Å²) in [5.41, 5.74) is 0.909. The number of halogens is 2. The zero-order valence-corrected chi connectivity index (χ0v) is 15.0. The normalized spacial score (nSPS) is 10.6. The van der Waals surface area contributed by atoms with E-state index in [1.54, 1.807) is 18.3 Å². The van der Waals surface area contributed by atoms with Crippen LogP contribution in [0.1, 0.15) is 28.8 Å². The maximum atomic E-state index is 13.0. The molecule has 1 N–H and O–H groups in total. The van der Waals surface area contributed by atoms with Crippen molar-refractivity contribution in [2.24, 2.45) is 0 Å². The van der Waals surface area contributed by atoms with Crippen LogP contribution in [0.15, 0.2) is 47.1 Å². The molecule has 0 bridgehead atoms. The Bertz CT molecular complexity index is 983. The SMILES string of the molecule is CC(=O)c1ccc(Cn2cc(NC(=O)OCc3ccc(F)cc3Cl)cn2)o1. The fraction of sp³-hybridized carbons (Fsp3) is 0.167. The molecular formula is C18H15ClFN3O4. The van der Waals surface area contributed by atoms with E-state index in [1.165, 1.54) is 29.9 Å². The van der Waals surface area contributed by atoms with E-state index in [1.807, 2.05) is 0 Å². The van der Waals surface area contributed by atoms with Crippen molar-refractivity contribution >= 4 is 29.2 Å². The summed E-state index contributed by atoms with van der Waals surface area (Å²) >= 11 is 5.88. The van der Waals surface area contributed by atoms with Gasteiger partial charge in [0.2, 0.25) is 0 Å². The topological polar surface area (TPSA) is 86.4 Å². The van der Waals surface area contributed by atoms with E-state index in [0.29, 0.717) is 23.6 Å². The number of Topliss-reactive ketones (excluding diaryl/α,β-unsaturated/α-hetero) is 1. The average molecular weight is 392 g/mol. The van der Waals surface area contributed by atoms with E-state index in [-0.39, 0.29) is 23.2 Å². The number of benzene rings is 1. The largest absolute Gasteiger partial charge is 0.456 e. The molecule has 140 valence electrons. The third-order valence-corrected chi connectivity index (χ3v) is 3.93. The summed E-state index contributed by atoms with van der Waals surface area (Å²) in [6.45, 7) is 1.62. The maximum absolute atomic E-state index is 13.0. The number of furan rings is 1. The predicted molar refractivity (Wildman–Crippen MR) is 95.3 cm³/mol. The smallest absolute Gasteiger partial charge is 0.412 e. The highest BCUT2D eigenvalue weighted by atomic mass is 35.5. The minimum atomic E-state index is -0.702. The summed E-state index contributed by atoms with van der Waals surface area (Å²) in [5.74, 6) is 0.211. The summed E-state index contributed by atoms with van der Waals surface area (Å²) in [5, 5.41) is 6.81. The maximum Gasteiger partial charge on any atom is 0.412 e. The Morgan fingerprint density at radius 3 is 2.85 bits per heavy atom. The predicted octanol–water partition coefficient (Wildman–Crippen LogP) is 4.27. The lowest BCUT2D eigenvalue weighted by molar-refractivity contribution is 0.0985. The van der Waals surface area contributed by atoms with Gasteiger partial charge in [0.1, 0.15) is 18.2 Å². The molecule has 0 saturated heterocycles. The zero-order chi connectivity index (χ0) is 19.4. The third kappa shape index (κ3) is 4.95. The fourth-order valence-electron chi connectivity index (χ4n) is 2.26. The molecule has 0 aliphatic carbocycles. The van der Waals surface area contributed by atoms with Crippen molar-refractivity contribution in [1.82, 2.24) is 9.78 Å².